The van der Waals surface area contributed by atoms with Gasteiger partial charge in [-0.3, -0.25) is 4.79 Å². The quantitative estimate of drug-likeness (QED) is 0.729. The van der Waals surface area contributed by atoms with Crippen LogP contribution in [0.15, 0.2) is 0 Å². The molecule has 0 radical (unpaired) electrons. The average Bonchev–Trinajstić information content (AvgIpc) is 2.67. The number of hydrogen-bond acceptors (Lipinski definition) is 3. The summed E-state index contributed by atoms with van der Waals surface area (Å²) in [6.07, 6.45) is 0.782. The fourth-order valence-electron chi connectivity index (χ4n) is 1.17. The zero-order chi connectivity index (χ0) is 10.6. The fraction of sp³-hybridized carbons (Fsp3) is 0.875. The highest BCUT2D eigenvalue weighted by molar-refractivity contribution is 7.99. The first-order chi connectivity index (χ1) is 6.55. The molecule has 1 aliphatic heterocycles. The maximum atomic E-state index is 12.7. The van der Waals surface area contributed by atoms with Gasteiger partial charge in [0.2, 0.25) is 5.91 Å². The molecule has 6 heteroatoms. The number of rotatable bonds is 4. The average molecular weight is 224 g/mol. The van der Waals surface area contributed by atoms with Crippen molar-refractivity contribution in [2.24, 2.45) is 11.7 Å². The van der Waals surface area contributed by atoms with Gasteiger partial charge in [-0.25, -0.2) is 8.78 Å². The Labute approximate surface area is 85.8 Å². The zero-order valence-electron chi connectivity index (χ0n) is 7.76. The van der Waals surface area contributed by atoms with E-state index in [4.69, 9.17) is 5.73 Å². The third-order valence-electron chi connectivity index (χ3n) is 2.12. The van der Waals surface area contributed by atoms with Gasteiger partial charge in [0.25, 0.3) is 5.92 Å². The number of halogens is 2. The summed E-state index contributed by atoms with van der Waals surface area (Å²) in [7, 11) is 0. The second-order valence-corrected chi connectivity index (χ2v) is 4.49. The van der Waals surface area contributed by atoms with Gasteiger partial charge in [0.05, 0.1) is 13.1 Å². The minimum absolute atomic E-state index is 0.103. The van der Waals surface area contributed by atoms with Crippen LogP contribution in [0.1, 0.15) is 6.42 Å². The molecule has 1 rings (SSSR count). The number of nitrogens with one attached hydrogen (secondary N) is 1. The molecule has 1 amide bonds. The second kappa shape index (κ2) is 4.93. The summed E-state index contributed by atoms with van der Waals surface area (Å²) in [6.45, 7) is -1.38. The standard InChI is InChI=1S/C8H14F2N2OS/c9-8(10,4-11)5-12-7(13)6-1-2-14-3-6/h6H,1-5,11H2,(H,12,13). The van der Waals surface area contributed by atoms with Gasteiger partial charge in [-0.2, -0.15) is 11.8 Å². The van der Waals surface area contributed by atoms with Crippen molar-refractivity contribution < 1.29 is 13.6 Å². The van der Waals surface area contributed by atoms with E-state index in [1.54, 1.807) is 11.8 Å². The Morgan fingerprint density at radius 1 is 1.64 bits per heavy atom. The zero-order valence-corrected chi connectivity index (χ0v) is 8.58. The molecule has 0 spiro atoms. The maximum absolute atomic E-state index is 12.7. The largest absolute Gasteiger partial charge is 0.350 e. The lowest BCUT2D eigenvalue weighted by molar-refractivity contribution is -0.126. The van der Waals surface area contributed by atoms with Gasteiger partial charge < -0.3 is 11.1 Å². The van der Waals surface area contributed by atoms with Crippen molar-refractivity contribution in [2.75, 3.05) is 24.6 Å². The third kappa shape index (κ3) is 3.42. The second-order valence-electron chi connectivity index (χ2n) is 3.34. The summed E-state index contributed by atoms with van der Waals surface area (Å²) < 4.78 is 25.3. The molecule has 1 fully saturated rings. The summed E-state index contributed by atoms with van der Waals surface area (Å²) in [5.41, 5.74) is 4.84. The van der Waals surface area contributed by atoms with Gasteiger partial charge in [-0.05, 0) is 12.2 Å². The lowest BCUT2D eigenvalue weighted by Gasteiger charge is -2.16. The molecule has 0 aliphatic carbocycles. The summed E-state index contributed by atoms with van der Waals surface area (Å²) in [4.78, 5) is 11.3. The molecule has 0 aromatic heterocycles. The molecule has 0 aromatic carbocycles. The van der Waals surface area contributed by atoms with Gasteiger partial charge in [-0.1, -0.05) is 0 Å². The van der Waals surface area contributed by atoms with Gasteiger partial charge in [0, 0.05) is 11.7 Å². The van der Waals surface area contributed by atoms with E-state index in [-0.39, 0.29) is 11.8 Å². The molecular weight excluding hydrogens is 210 g/mol. The number of alkyl halides is 2. The molecule has 0 aromatic rings. The van der Waals surface area contributed by atoms with Crippen molar-refractivity contribution >= 4 is 17.7 Å². The molecule has 1 aliphatic rings. The van der Waals surface area contributed by atoms with E-state index < -0.39 is 19.0 Å². The first-order valence-electron chi connectivity index (χ1n) is 4.48. The normalized spacial score (nSPS) is 22.4. The first-order valence-corrected chi connectivity index (χ1v) is 5.64. The SMILES string of the molecule is NCC(F)(F)CNC(=O)C1CCSC1. The number of carbonyl (C=O) groups excluding carboxylic acids is 1. The van der Waals surface area contributed by atoms with E-state index >= 15 is 0 Å². The minimum atomic E-state index is -2.98. The lowest BCUT2D eigenvalue weighted by Crippen LogP contribution is -2.43. The van der Waals surface area contributed by atoms with E-state index in [0.717, 1.165) is 17.9 Å². The van der Waals surface area contributed by atoms with Gasteiger partial charge in [-0.15, -0.1) is 0 Å². The fourth-order valence-corrected chi connectivity index (χ4v) is 2.39. The van der Waals surface area contributed by atoms with Gasteiger partial charge in [0.1, 0.15) is 0 Å². The van der Waals surface area contributed by atoms with Crippen LogP contribution < -0.4 is 11.1 Å². The molecule has 14 heavy (non-hydrogen) atoms. The van der Waals surface area contributed by atoms with E-state index in [9.17, 15) is 13.6 Å². The van der Waals surface area contributed by atoms with E-state index in [2.05, 4.69) is 5.32 Å². The van der Waals surface area contributed by atoms with Crippen LogP contribution in [-0.2, 0) is 4.79 Å². The highest BCUT2D eigenvalue weighted by atomic mass is 32.2. The van der Waals surface area contributed by atoms with Crippen LogP contribution in [0.4, 0.5) is 8.78 Å². The molecule has 1 atom stereocenters. The van der Waals surface area contributed by atoms with Crippen molar-refractivity contribution in [1.29, 1.82) is 0 Å². The van der Waals surface area contributed by atoms with Crippen molar-refractivity contribution in [3.63, 3.8) is 0 Å². The highest BCUT2D eigenvalue weighted by Gasteiger charge is 2.29. The molecule has 3 nitrogen and oxygen atoms in total. The predicted octanol–water partition coefficient (Wildman–Crippen LogP) is 0.450. The summed E-state index contributed by atoms with van der Waals surface area (Å²) in [5.74, 6) is -1.69. The molecule has 1 saturated heterocycles. The highest BCUT2D eigenvalue weighted by Crippen LogP contribution is 2.23. The van der Waals surface area contributed by atoms with E-state index in [1.807, 2.05) is 0 Å². The molecule has 1 heterocycles. The van der Waals surface area contributed by atoms with Gasteiger partial charge in [0.15, 0.2) is 0 Å². The van der Waals surface area contributed by atoms with E-state index in [0.29, 0.717) is 0 Å². The summed E-state index contributed by atoms with van der Waals surface area (Å²) in [5, 5.41) is 2.23. The monoisotopic (exact) mass is 224 g/mol. The van der Waals surface area contributed by atoms with Crippen LogP contribution in [0.3, 0.4) is 0 Å². The van der Waals surface area contributed by atoms with Crippen LogP contribution in [0.5, 0.6) is 0 Å². The van der Waals surface area contributed by atoms with Crippen molar-refractivity contribution in [3.05, 3.63) is 0 Å². The molecule has 0 bridgehead atoms. The third-order valence-corrected chi connectivity index (χ3v) is 3.28. The van der Waals surface area contributed by atoms with Crippen molar-refractivity contribution in [3.8, 4) is 0 Å². The Hall–Kier alpha value is -0.360. The molecule has 0 saturated carbocycles. The van der Waals surface area contributed by atoms with Crippen LogP contribution in [0.2, 0.25) is 0 Å². The van der Waals surface area contributed by atoms with Crippen LogP contribution in [-0.4, -0.2) is 36.4 Å². The first kappa shape index (κ1) is 11.7. The number of carbonyl (C=O) groups is 1. The van der Waals surface area contributed by atoms with Crippen molar-refractivity contribution in [1.82, 2.24) is 5.32 Å². The molecule has 3 N–H and O–H groups in total. The summed E-state index contributed by atoms with van der Waals surface area (Å²) in [6, 6.07) is 0. The Bertz CT molecular complexity index is 208. The lowest BCUT2D eigenvalue weighted by atomic mass is 10.1. The maximum Gasteiger partial charge on any atom is 0.277 e. The number of thioether (sulfide) groups is 1. The number of nitrogens with two attached hydrogens (primary N) is 1. The smallest absolute Gasteiger partial charge is 0.277 e. The Morgan fingerprint density at radius 2 is 2.36 bits per heavy atom. The van der Waals surface area contributed by atoms with Gasteiger partial charge >= 0.3 is 0 Å². The Balaban J connectivity index is 2.27. The van der Waals surface area contributed by atoms with Crippen molar-refractivity contribution in [2.45, 2.75) is 12.3 Å². The van der Waals surface area contributed by atoms with Crippen LogP contribution >= 0.6 is 11.8 Å². The van der Waals surface area contributed by atoms with Crippen LogP contribution in [0.25, 0.3) is 0 Å². The molecular formula is C8H14F2N2OS. The predicted molar refractivity (Wildman–Crippen MR) is 52.4 cm³/mol. The Kier molecular flexibility index (Phi) is 4.12. The Morgan fingerprint density at radius 3 is 2.86 bits per heavy atom. The molecule has 1 unspecified atom stereocenters. The summed E-state index contributed by atoms with van der Waals surface area (Å²) >= 11 is 1.68. The van der Waals surface area contributed by atoms with Crippen LogP contribution in [0, 0.1) is 5.92 Å². The minimum Gasteiger partial charge on any atom is -0.350 e. The number of hydrogen-bond donors (Lipinski definition) is 2. The topological polar surface area (TPSA) is 55.1 Å². The van der Waals surface area contributed by atoms with E-state index in [1.165, 1.54) is 0 Å². The number of amides is 1. The molecule has 82 valence electrons.